The van der Waals surface area contributed by atoms with E-state index in [4.69, 9.17) is 0 Å². The number of hydrogen-bond acceptors (Lipinski definition) is 4. The minimum atomic E-state index is -4.48. The van der Waals surface area contributed by atoms with Gasteiger partial charge in [0.15, 0.2) is 5.37 Å². The van der Waals surface area contributed by atoms with E-state index in [0.717, 1.165) is 34.4 Å². The van der Waals surface area contributed by atoms with Gasteiger partial charge in [0.1, 0.15) is 0 Å². The highest BCUT2D eigenvalue weighted by atomic mass is 32.2. The van der Waals surface area contributed by atoms with Crippen molar-refractivity contribution in [3.63, 3.8) is 0 Å². The topological polar surface area (TPSA) is 49.4 Å². The number of anilines is 2. The Kier molecular flexibility index (Phi) is 4.47. The molecule has 1 N–H and O–H groups in total. The Hall–Kier alpha value is -2.48. The second kappa shape index (κ2) is 6.44. The number of carbonyl (C=O) groups is 2. The van der Waals surface area contributed by atoms with Crippen molar-refractivity contribution in [2.45, 2.75) is 18.5 Å². The second-order valence-electron chi connectivity index (χ2n) is 5.50. The summed E-state index contributed by atoms with van der Waals surface area (Å²) in [6.45, 7) is 1.88. The Morgan fingerprint density at radius 1 is 1.08 bits per heavy atom. The Morgan fingerprint density at radius 3 is 2.40 bits per heavy atom. The first-order chi connectivity index (χ1) is 11.8. The summed E-state index contributed by atoms with van der Waals surface area (Å²) < 4.78 is 38.3. The van der Waals surface area contributed by atoms with E-state index in [-0.39, 0.29) is 5.69 Å². The third kappa shape index (κ3) is 3.63. The Labute approximate surface area is 146 Å². The molecule has 1 atom stereocenters. The minimum absolute atomic E-state index is 0.124. The van der Waals surface area contributed by atoms with Crippen LogP contribution in [-0.2, 0) is 11.0 Å². The number of rotatable bonds is 3. The van der Waals surface area contributed by atoms with Gasteiger partial charge in [-0.15, -0.1) is 0 Å². The average molecular weight is 366 g/mol. The molecule has 2 aromatic rings. The van der Waals surface area contributed by atoms with Crippen molar-refractivity contribution in [1.82, 2.24) is 0 Å². The van der Waals surface area contributed by atoms with Gasteiger partial charge < -0.3 is 5.32 Å². The van der Waals surface area contributed by atoms with Crippen LogP contribution in [0.3, 0.4) is 0 Å². The van der Waals surface area contributed by atoms with Crippen molar-refractivity contribution in [1.29, 1.82) is 0 Å². The van der Waals surface area contributed by atoms with Crippen LogP contribution in [0, 0.1) is 6.92 Å². The molecule has 1 saturated heterocycles. The van der Waals surface area contributed by atoms with Gasteiger partial charge in [0.2, 0.25) is 0 Å². The highest BCUT2D eigenvalue weighted by Gasteiger charge is 2.41. The molecule has 1 aliphatic heterocycles. The maximum Gasteiger partial charge on any atom is 0.416 e. The molecular weight excluding hydrogens is 353 g/mol. The van der Waals surface area contributed by atoms with Crippen LogP contribution in [0.25, 0.3) is 0 Å². The number of nitrogens with zero attached hydrogens (tertiary/aromatic N) is 1. The van der Waals surface area contributed by atoms with Gasteiger partial charge in [-0.2, -0.15) is 13.2 Å². The van der Waals surface area contributed by atoms with E-state index in [9.17, 15) is 22.8 Å². The fourth-order valence-electron chi connectivity index (χ4n) is 2.37. The van der Waals surface area contributed by atoms with Crippen LogP contribution < -0.4 is 10.2 Å². The maximum atomic E-state index is 12.8. The van der Waals surface area contributed by atoms with Crippen molar-refractivity contribution in [2.75, 3.05) is 10.2 Å². The molecule has 1 unspecified atom stereocenters. The van der Waals surface area contributed by atoms with Gasteiger partial charge in [-0.05, 0) is 49.0 Å². The number of halogens is 3. The normalized spacial score (nSPS) is 17.9. The molecule has 25 heavy (non-hydrogen) atoms. The molecule has 0 radical (unpaired) electrons. The van der Waals surface area contributed by atoms with Crippen LogP contribution in [0.2, 0.25) is 0 Å². The van der Waals surface area contributed by atoms with Crippen molar-refractivity contribution in [3.8, 4) is 0 Å². The summed E-state index contributed by atoms with van der Waals surface area (Å²) in [4.78, 5) is 25.7. The van der Waals surface area contributed by atoms with Crippen LogP contribution in [0.4, 0.5) is 29.3 Å². The number of hydrogen-bond donors (Lipinski definition) is 1. The third-order valence-electron chi connectivity index (χ3n) is 3.63. The van der Waals surface area contributed by atoms with Gasteiger partial charge in [0.05, 0.1) is 11.3 Å². The summed E-state index contributed by atoms with van der Waals surface area (Å²) in [5.41, 5.74) is 0.712. The van der Waals surface area contributed by atoms with Crippen LogP contribution >= 0.6 is 11.8 Å². The molecule has 0 aromatic heterocycles. The summed E-state index contributed by atoms with van der Waals surface area (Å²) in [5, 5.41) is 1.25. The lowest BCUT2D eigenvalue weighted by Gasteiger charge is -2.16. The highest BCUT2D eigenvalue weighted by molar-refractivity contribution is 8.16. The zero-order chi connectivity index (χ0) is 18.2. The van der Waals surface area contributed by atoms with Crippen LogP contribution in [0.5, 0.6) is 0 Å². The Balaban J connectivity index is 1.80. The standard InChI is InChI=1S/C17H13F3N2O2S/c1-10-5-7-13(8-6-10)22-15(23)14(25-16(22)24)21-12-4-2-3-11(9-12)17(18,19)20/h2-9,14,21H,1H3. The summed E-state index contributed by atoms with van der Waals surface area (Å²) in [6, 6.07) is 11.4. The third-order valence-corrected chi connectivity index (χ3v) is 4.57. The molecule has 1 aliphatic rings. The van der Waals surface area contributed by atoms with E-state index in [1.54, 1.807) is 24.3 Å². The molecule has 4 nitrogen and oxygen atoms in total. The predicted molar refractivity (Wildman–Crippen MR) is 90.5 cm³/mol. The predicted octanol–water partition coefficient (Wildman–Crippen LogP) is 4.65. The summed E-state index contributed by atoms with van der Waals surface area (Å²) >= 11 is 0.734. The molecule has 3 rings (SSSR count). The van der Waals surface area contributed by atoms with Gasteiger partial charge >= 0.3 is 6.18 Å². The molecule has 0 bridgehead atoms. The lowest BCUT2D eigenvalue weighted by Crippen LogP contribution is -2.34. The van der Waals surface area contributed by atoms with E-state index in [0.29, 0.717) is 5.69 Å². The van der Waals surface area contributed by atoms with Crippen molar-refractivity contribution < 1.29 is 22.8 Å². The Morgan fingerprint density at radius 2 is 1.76 bits per heavy atom. The van der Waals surface area contributed by atoms with E-state index in [1.165, 1.54) is 12.1 Å². The van der Waals surface area contributed by atoms with Gasteiger partial charge in [0, 0.05) is 5.69 Å². The monoisotopic (exact) mass is 366 g/mol. The molecule has 0 spiro atoms. The molecule has 1 fully saturated rings. The van der Waals surface area contributed by atoms with Crippen molar-refractivity contribution >= 4 is 34.3 Å². The summed E-state index contributed by atoms with van der Waals surface area (Å²) in [5.74, 6) is -0.517. The van der Waals surface area contributed by atoms with Crippen molar-refractivity contribution in [2.24, 2.45) is 0 Å². The first-order valence-electron chi connectivity index (χ1n) is 7.31. The lowest BCUT2D eigenvalue weighted by molar-refractivity contribution is -0.137. The molecule has 0 aliphatic carbocycles. The van der Waals surface area contributed by atoms with E-state index in [2.05, 4.69) is 5.32 Å². The number of imide groups is 1. The number of thioether (sulfide) groups is 1. The SMILES string of the molecule is Cc1ccc(N2C(=O)SC(Nc3cccc(C(F)(F)F)c3)C2=O)cc1. The first kappa shape index (κ1) is 17.3. The number of aryl methyl sites for hydroxylation is 1. The quantitative estimate of drug-likeness (QED) is 0.859. The number of nitrogens with one attached hydrogen (secondary N) is 1. The number of carbonyl (C=O) groups excluding carboxylic acids is 2. The molecule has 1 heterocycles. The Bertz CT molecular complexity index is 821. The summed E-state index contributed by atoms with van der Waals surface area (Å²) in [7, 11) is 0. The van der Waals surface area contributed by atoms with Crippen LogP contribution in [0.1, 0.15) is 11.1 Å². The van der Waals surface area contributed by atoms with Gasteiger partial charge in [0.25, 0.3) is 11.1 Å². The number of amides is 2. The summed E-state index contributed by atoms with van der Waals surface area (Å²) in [6.07, 6.45) is -4.48. The van der Waals surface area contributed by atoms with Gasteiger partial charge in [-0.1, -0.05) is 23.8 Å². The first-order valence-corrected chi connectivity index (χ1v) is 8.19. The van der Waals surface area contributed by atoms with E-state index < -0.39 is 28.3 Å². The lowest BCUT2D eigenvalue weighted by atomic mass is 10.2. The van der Waals surface area contributed by atoms with Gasteiger partial charge in [-0.25, -0.2) is 4.90 Å². The average Bonchev–Trinajstić information content (AvgIpc) is 2.82. The molecule has 8 heteroatoms. The number of benzene rings is 2. The molecule has 2 aromatic carbocycles. The smallest absolute Gasteiger partial charge is 0.365 e. The maximum absolute atomic E-state index is 12.8. The van der Waals surface area contributed by atoms with Crippen LogP contribution in [-0.4, -0.2) is 16.5 Å². The number of alkyl halides is 3. The zero-order valence-electron chi connectivity index (χ0n) is 13.0. The van der Waals surface area contributed by atoms with E-state index in [1.807, 2.05) is 6.92 Å². The highest BCUT2D eigenvalue weighted by Crippen LogP contribution is 2.34. The van der Waals surface area contributed by atoms with Crippen molar-refractivity contribution in [3.05, 3.63) is 59.7 Å². The van der Waals surface area contributed by atoms with E-state index >= 15 is 0 Å². The fourth-order valence-corrected chi connectivity index (χ4v) is 3.27. The second-order valence-corrected chi connectivity index (χ2v) is 6.55. The van der Waals surface area contributed by atoms with Crippen LogP contribution in [0.15, 0.2) is 48.5 Å². The zero-order valence-corrected chi connectivity index (χ0v) is 13.8. The molecule has 0 saturated carbocycles. The fraction of sp³-hybridized carbons (Fsp3) is 0.176. The largest absolute Gasteiger partial charge is 0.416 e. The minimum Gasteiger partial charge on any atom is -0.365 e. The van der Waals surface area contributed by atoms with Gasteiger partial charge in [-0.3, -0.25) is 9.59 Å². The molecule has 130 valence electrons. The molecule has 2 amide bonds. The molecular formula is C17H13F3N2O2S.